The van der Waals surface area contributed by atoms with Crippen molar-refractivity contribution in [2.24, 2.45) is 0 Å². The van der Waals surface area contributed by atoms with Crippen LogP contribution in [0.2, 0.25) is 0 Å². The molecule has 0 saturated carbocycles. The SMILES string of the molecule is CC1(C)Cc2ccc(S(=O)(=O)c3ccc(C#N)cc3)cc2CO1. The lowest BCUT2D eigenvalue weighted by atomic mass is 9.92. The van der Waals surface area contributed by atoms with Gasteiger partial charge in [0, 0.05) is 6.42 Å². The van der Waals surface area contributed by atoms with E-state index < -0.39 is 9.84 Å². The van der Waals surface area contributed by atoms with Crippen LogP contribution in [0.1, 0.15) is 30.5 Å². The summed E-state index contributed by atoms with van der Waals surface area (Å²) in [5.41, 5.74) is 2.25. The molecule has 1 aliphatic rings. The predicted octanol–water partition coefficient (Wildman–Crippen LogP) is 3.24. The summed E-state index contributed by atoms with van der Waals surface area (Å²) in [6, 6.07) is 13.1. The standard InChI is InChI=1S/C18H17NO3S/c1-18(2)10-14-5-8-17(9-15(14)12-22-18)23(20,21)16-6-3-13(11-19)4-7-16/h3-9H,10,12H2,1-2H3. The van der Waals surface area contributed by atoms with Crippen LogP contribution in [0.15, 0.2) is 52.3 Å². The summed E-state index contributed by atoms with van der Waals surface area (Å²) in [6.45, 7) is 4.47. The van der Waals surface area contributed by atoms with Gasteiger partial charge < -0.3 is 4.74 Å². The maximum atomic E-state index is 12.7. The van der Waals surface area contributed by atoms with Crippen molar-refractivity contribution in [1.82, 2.24) is 0 Å². The normalized spacial score (nSPS) is 16.4. The quantitative estimate of drug-likeness (QED) is 0.849. The molecular formula is C18H17NO3S. The fourth-order valence-electron chi connectivity index (χ4n) is 2.70. The first-order valence-corrected chi connectivity index (χ1v) is 8.81. The van der Waals surface area contributed by atoms with E-state index in [-0.39, 0.29) is 15.4 Å². The molecule has 2 aromatic carbocycles. The van der Waals surface area contributed by atoms with Crippen molar-refractivity contribution in [3.8, 4) is 6.07 Å². The molecule has 0 N–H and O–H groups in total. The Morgan fingerprint density at radius 3 is 2.35 bits per heavy atom. The van der Waals surface area contributed by atoms with Crippen LogP contribution in [0.3, 0.4) is 0 Å². The molecule has 0 bridgehead atoms. The summed E-state index contributed by atoms with van der Waals surface area (Å²) >= 11 is 0. The molecule has 1 aliphatic heterocycles. The van der Waals surface area contributed by atoms with Crippen LogP contribution in [0.5, 0.6) is 0 Å². The van der Waals surface area contributed by atoms with Crippen LogP contribution in [0, 0.1) is 11.3 Å². The zero-order valence-corrected chi connectivity index (χ0v) is 13.9. The Balaban J connectivity index is 1.99. The summed E-state index contributed by atoms with van der Waals surface area (Å²) in [4.78, 5) is 0.442. The number of benzene rings is 2. The van der Waals surface area contributed by atoms with E-state index >= 15 is 0 Å². The highest BCUT2D eigenvalue weighted by molar-refractivity contribution is 7.91. The maximum absolute atomic E-state index is 12.7. The largest absolute Gasteiger partial charge is 0.371 e. The number of sulfone groups is 1. The van der Waals surface area contributed by atoms with Gasteiger partial charge in [0.05, 0.1) is 33.6 Å². The van der Waals surface area contributed by atoms with E-state index in [1.165, 1.54) is 24.3 Å². The van der Waals surface area contributed by atoms with Gasteiger partial charge in [-0.15, -0.1) is 0 Å². The third kappa shape index (κ3) is 3.00. The first-order valence-electron chi connectivity index (χ1n) is 7.33. The average Bonchev–Trinajstić information content (AvgIpc) is 2.53. The summed E-state index contributed by atoms with van der Waals surface area (Å²) in [5, 5.41) is 8.81. The van der Waals surface area contributed by atoms with E-state index in [4.69, 9.17) is 10.00 Å². The Labute approximate surface area is 136 Å². The van der Waals surface area contributed by atoms with Gasteiger partial charge in [-0.1, -0.05) is 6.07 Å². The van der Waals surface area contributed by atoms with Gasteiger partial charge in [-0.3, -0.25) is 0 Å². The number of nitrogens with zero attached hydrogens (tertiary/aromatic N) is 1. The highest BCUT2D eigenvalue weighted by Crippen LogP contribution is 2.31. The zero-order chi connectivity index (χ0) is 16.7. The van der Waals surface area contributed by atoms with Gasteiger partial charge in [-0.2, -0.15) is 5.26 Å². The molecule has 23 heavy (non-hydrogen) atoms. The van der Waals surface area contributed by atoms with Crippen LogP contribution in [0.4, 0.5) is 0 Å². The van der Waals surface area contributed by atoms with Gasteiger partial charge in [-0.25, -0.2) is 8.42 Å². The maximum Gasteiger partial charge on any atom is 0.206 e. The highest BCUT2D eigenvalue weighted by atomic mass is 32.2. The smallest absolute Gasteiger partial charge is 0.206 e. The van der Waals surface area contributed by atoms with Crippen molar-refractivity contribution < 1.29 is 13.2 Å². The van der Waals surface area contributed by atoms with Gasteiger partial charge in [0.25, 0.3) is 0 Å². The van der Waals surface area contributed by atoms with Gasteiger partial charge in [0.1, 0.15) is 0 Å². The lowest BCUT2D eigenvalue weighted by Gasteiger charge is -2.32. The van der Waals surface area contributed by atoms with Crippen molar-refractivity contribution in [3.05, 3.63) is 59.2 Å². The van der Waals surface area contributed by atoms with Crippen LogP contribution < -0.4 is 0 Å². The molecule has 4 nitrogen and oxygen atoms in total. The fraction of sp³-hybridized carbons (Fsp3) is 0.278. The molecule has 0 fully saturated rings. The number of hydrogen-bond donors (Lipinski definition) is 0. The monoisotopic (exact) mass is 327 g/mol. The molecule has 118 valence electrons. The van der Waals surface area contributed by atoms with Crippen molar-refractivity contribution in [3.63, 3.8) is 0 Å². The van der Waals surface area contributed by atoms with E-state index in [0.717, 1.165) is 17.5 Å². The minimum Gasteiger partial charge on any atom is -0.371 e. The average molecular weight is 327 g/mol. The van der Waals surface area contributed by atoms with E-state index in [0.29, 0.717) is 12.2 Å². The van der Waals surface area contributed by atoms with E-state index in [9.17, 15) is 8.42 Å². The molecule has 5 heteroatoms. The molecule has 0 saturated heterocycles. The molecule has 3 rings (SSSR count). The molecule has 0 aliphatic carbocycles. The van der Waals surface area contributed by atoms with Crippen LogP contribution in [-0.2, 0) is 27.6 Å². The van der Waals surface area contributed by atoms with Gasteiger partial charge in [-0.05, 0) is 61.4 Å². The molecule has 1 heterocycles. The summed E-state index contributed by atoms with van der Waals surface area (Å²) in [6.07, 6.45) is 0.763. The lowest BCUT2D eigenvalue weighted by Crippen LogP contribution is -2.31. The van der Waals surface area contributed by atoms with Crippen molar-refractivity contribution >= 4 is 9.84 Å². The van der Waals surface area contributed by atoms with Gasteiger partial charge in [0.15, 0.2) is 0 Å². The van der Waals surface area contributed by atoms with Crippen LogP contribution in [-0.4, -0.2) is 14.0 Å². The Morgan fingerprint density at radius 2 is 1.70 bits per heavy atom. The first-order chi connectivity index (χ1) is 10.8. The van der Waals surface area contributed by atoms with E-state index in [1.54, 1.807) is 12.1 Å². The van der Waals surface area contributed by atoms with Crippen LogP contribution in [0.25, 0.3) is 0 Å². The molecule has 0 radical (unpaired) electrons. The fourth-order valence-corrected chi connectivity index (χ4v) is 4.01. The molecule has 0 unspecified atom stereocenters. The van der Waals surface area contributed by atoms with Crippen molar-refractivity contribution in [1.29, 1.82) is 5.26 Å². The topological polar surface area (TPSA) is 67.2 Å². The molecule has 0 spiro atoms. The van der Waals surface area contributed by atoms with E-state index in [1.807, 2.05) is 26.0 Å². The predicted molar refractivity (Wildman–Crippen MR) is 85.6 cm³/mol. The minimum atomic E-state index is -3.59. The Morgan fingerprint density at radius 1 is 1.04 bits per heavy atom. The molecular weight excluding hydrogens is 310 g/mol. The lowest BCUT2D eigenvalue weighted by molar-refractivity contribution is -0.0401. The Bertz CT molecular complexity index is 891. The van der Waals surface area contributed by atoms with Crippen molar-refractivity contribution in [2.75, 3.05) is 0 Å². The minimum absolute atomic E-state index is 0.188. The third-order valence-corrected chi connectivity index (χ3v) is 5.78. The number of ether oxygens (including phenoxy) is 1. The summed E-state index contributed by atoms with van der Waals surface area (Å²) in [5.74, 6) is 0. The second-order valence-electron chi connectivity index (χ2n) is 6.30. The molecule has 0 amide bonds. The molecule has 0 atom stereocenters. The Kier molecular flexibility index (Phi) is 3.75. The molecule has 2 aromatic rings. The van der Waals surface area contributed by atoms with Crippen molar-refractivity contribution in [2.45, 2.75) is 42.3 Å². The van der Waals surface area contributed by atoms with Gasteiger partial charge in [0.2, 0.25) is 9.84 Å². The highest BCUT2D eigenvalue weighted by Gasteiger charge is 2.27. The number of hydrogen-bond acceptors (Lipinski definition) is 4. The number of nitriles is 1. The summed E-state index contributed by atoms with van der Waals surface area (Å²) in [7, 11) is -3.59. The first kappa shape index (κ1) is 15.7. The zero-order valence-electron chi connectivity index (χ0n) is 13.0. The summed E-state index contributed by atoms with van der Waals surface area (Å²) < 4.78 is 31.2. The number of rotatable bonds is 2. The second-order valence-corrected chi connectivity index (χ2v) is 8.24. The molecule has 0 aromatic heterocycles. The van der Waals surface area contributed by atoms with E-state index in [2.05, 4.69) is 0 Å². The number of fused-ring (bicyclic) bond motifs is 1. The van der Waals surface area contributed by atoms with Gasteiger partial charge >= 0.3 is 0 Å². The van der Waals surface area contributed by atoms with Crippen LogP contribution >= 0.6 is 0 Å². The third-order valence-electron chi connectivity index (χ3n) is 4.02. The second kappa shape index (κ2) is 5.48. The Hall–Kier alpha value is -2.16.